The first-order valence-corrected chi connectivity index (χ1v) is 14.5. The molecule has 15 heteroatoms. The molecule has 1 aliphatic heterocycles. The van der Waals surface area contributed by atoms with Gasteiger partial charge in [0.1, 0.15) is 6.61 Å². The van der Waals surface area contributed by atoms with E-state index in [0.717, 1.165) is 0 Å². The summed E-state index contributed by atoms with van der Waals surface area (Å²) in [6.07, 6.45) is 0.194. The lowest BCUT2D eigenvalue weighted by molar-refractivity contribution is -0.145. The molecule has 0 fully saturated rings. The average molecular weight is 649 g/mol. The number of carbonyl (C=O) groups excluding carboxylic acids is 3. The number of methoxy groups -OCH3 is 1. The van der Waals surface area contributed by atoms with Crippen molar-refractivity contribution in [3.05, 3.63) is 57.8 Å². The Morgan fingerprint density at radius 3 is 2.47 bits per heavy atom. The van der Waals surface area contributed by atoms with Crippen molar-refractivity contribution in [2.75, 3.05) is 40.1 Å². The molecule has 14 nitrogen and oxygen atoms in total. The van der Waals surface area contributed by atoms with Crippen molar-refractivity contribution in [2.24, 2.45) is 5.10 Å². The van der Waals surface area contributed by atoms with E-state index in [1.165, 1.54) is 13.3 Å². The van der Waals surface area contributed by atoms with Crippen LogP contribution in [0.25, 0.3) is 0 Å². The number of nitrogens with zero attached hydrogens (tertiary/aromatic N) is 1. The molecule has 244 valence electrons. The van der Waals surface area contributed by atoms with Gasteiger partial charge in [0.05, 0.1) is 49.8 Å². The molecule has 2 aromatic rings. The van der Waals surface area contributed by atoms with Crippen molar-refractivity contribution in [1.29, 1.82) is 0 Å². The number of nitrogens with one attached hydrogen (secondary N) is 3. The quantitative estimate of drug-likeness (QED) is 0.0910. The van der Waals surface area contributed by atoms with Gasteiger partial charge in [-0.05, 0) is 63.1 Å². The zero-order chi connectivity index (χ0) is 32.9. The van der Waals surface area contributed by atoms with E-state index in [0.29, 0.717) is 47.3 Å². The normalized spacial score (nSPS) is 15.1. The molecule has 0 radical (unpaired) electrons. The Bertz CT molecular complexity index is 1430. The van der Waals surface area contributed by atoms with Gasteiger partial charge in [0.25, 0.3) is 0 Å². The van der Waals surface area contributed by atoms with Crippen LogP contribution in [-0.4, -0.2) is 75.7 Å². The molecule has 0 aromatic heterocycles. The van der Waals surface area contributed by atoms with E-state index in [1.54, 1.807) is 58.0 Å². The number of esters is 2. The van der Waals surface area contributed by atoms with Crippen LogP contribution in [0.1, 0.15) is 44.9 Å². The number of hydrogen-bond acceptors (Lipinski definition) is 12. The van der Waals surface area contributed by atoms with Crippen LogP contribution in [0.5, 0.6) is 23.0 Å². The molecule has 0 unspecified atom stereocenters. The van der Waals surface area contributed by atoms with Crippen molar-refractivity contribution in [3.8, 4) is 23.0 Å². The molecule has 1 heterocycles. The summed E-state index contributed by atoms with van der Waals surface area (Å²) in [5.74, 6) is 0.0203. The SMILES string of the molecule is CCOC(=O)COc1c(Cl)cc(/C=N\N[C@H](O)COc2ccc([C@H]3NC(=O)NC(C)=C3C(=O)OC)cc2OCC)cc1OCC. The number of aliphatic hydroxyl groups is 1. The zero-order valence-electron chi connectivity index (χ0n) is 25.6. The average Bonchev–Trinajstić information content (AvgIpc) is 2.99. The monoisotopic (exact) mass is 648 g/mol. The topological polar surface area (TPSA) is 175 Å². The van der Waals surface area contributed by atoms with Crippen molar-refractivity contribution < 1.29 is 47.9 Å². The van der Waals surface area contributed by atoms with Gasteiger partial charge < -0.3 is 44.2 Å². The molecule has 1 aliphatic rings. The van der Waals surface area contributed by atoms with E-state index in [9.17, 15) is 19.5 Å². The maximum atomic E-state index is 12.4. The smallest absolute Gasteiger partial charge is 0.344 e. The predicted molar refractivity (Wildman–Crippen MR) is 164 cm³/mol. The Morgan fingerprint density at radius 1 is 1.04 bits per heavy atom. The highest BCUT2D eigenvalue weighted by Gasteiger charge is 2.32. The van der Waals surface area contributed by atoms with Gasteiger partial charge in [-0.3, -0.25) is 5.43 Å². The molecule has 2 aromatic carbocycles. The first-order chi connectivity index (χ1) is 21.6. The molecule has 0 saturated carbocycles. The molecule has 0 aliphatic carbocycles. The maximum Gasteiger partial charge on any atom is 0.344 e. The fraction of sp³-hybridized carbons (Fsp3) is 0.400. The number of rotatable bonds is 16. The van der Waals surface area contributed by atoms with Crippen LogP contribution < -0.4 is 35.0 Å². The minimum Gasteiger partial charge on any atom is -0.490 e. The van der Waals surface area contributed by atoms with Gasteiger partial charge in [-0.1, -0.05) is 17.7 Å². The molecular weight excluding hydrogens is 612 g/mol. The third-order valence-corrected chi connectivity index (χ3v) is 6.36. The van der Waals surface area contributed by atoms with Gasteiger partial charge in [0.2, 0.25) is 0 Å². The van der Waals surface area contributed by atoms with Crippen molar-refractivity contribution in [3.63, 3.8) is 0 Å². The lowest BCUT2D eigenvalue weighted by atomic mass is 9.95. The summed E-state index contributed by atoms with van der Waals surface area (Å²) in [5, 5.41) is 20.0. The second-order valence-corrected chi connectivity index (χ2v) is 9.68. The number of carbonyl (C=O) groups is 3. The summed E-state index contributed by atoms with van der Waals surface area (Å²) in [7, 11) is 1.26. The first-order valence-electron chi connectivity index (χ1n) is 14.1. The highest BCUT2D eigenvalue weighted by Crippen LogP contribution is 2.37. The van der Waals surface area contributed by atoms with E-state index in [1.807, 2.05) is 0 Å². The lowest BCUT2D eigenvalue weighted by Crippen LogP contribution is -2.45. The molecule has 45 heavy (non-hydrogen) atoms. The summed E-state index contributed by atoms with van der Waals surface area (Å²) in [6.45, 7) is 7.20. The van der Waals surface area contributed by atoms with Crippen molar-refractivity contribution in [2.45, 2.75) is 40.0 Å². The predicted octanol–water partition coefficient (Wildman–Crippen LogP) is 3.20. The minimum atomic E-state index is -1.22. The number of ether oxygens (including phenoxy) is 6. The summed E-state index contributed by atoms with van der Waals surface area (Å²) in [4.78, 5) is 36.3. The Balaban J connectivity index is 1.67. The van der Waals surface area contributed by atoms with Gasteiger partial charge in [0.15, 0.2) is 35.8 Å². The Hall–Kier alpha value is -4.69. The first kappa shape index (κ1) is 34.8. The fourth-order valence-corrected chi connectivity index (χ4v) is 4.49. The number of hydrazone groups is 1. The van der Waals surface area contributed by atoms with Crippen LogP contribution >= 0.6 is 11.6 Å². The Labute approximate surface area is 265 Å². The number of amides is 2. The van der Waals surface area contributed by atoms with E-state index < -0.39 is 30.2 Å². The number of benzene rings is 2. The van der Waals surface area contributed by atoms with Crippen molar-refractivity contribution in [1.82, 2.24) is 16.1 Å². The highest BCUT2D eigenvalue weighted by molar-refractivity contribution is 6.32. The van der Waals surface area contributed by atoms with Gasteiger partial charge in [-0.15, -0.1) is 0 Å². The van der Waals surface area contributed by atoms with Crippen LogP contribution in [0, 0.1) is 0 Å². The number of hydrogen-bond donors (Lipinski definition) is 4. The van der Waals surface area contributed by atoms with E-state index in [-0.39, 0.29) is 36.2 Å². The second-order valence-electron chi connectivity index (χ2n) is 9.27. The van der Waals surface area contributed by atoms with E-state index >= 15 is 0 Å². The number of allylic oxidation sites excluding steroid dienone is 1. The lowest BCUT2D eigenvalue weighted by Gasteiger charge is -2.28. The Morgan fingerprint density at radius 2 is 1.78 bits per heavy atom. The zero-order valence-corrected chi connectivity index (χ0v) is 26.4. The van der Waals surface area contributed by atoms with Crippen LogP contribution in [-0.2, 0) is 19.1 Å². The molecular formula is C30H37ClN4O10. The second kappa shape index (κ2) is 17.0. The van der Waals surface area contributed by atoms with Crippen LogP contribution in [0.2, 0.25) is 5.02 Å². The van der Waals surface area contributed by atoms with Gasteiger partial charge in [-0.2, -0.15) is 5.10 Å². The summed E-state index contributed by atoms with van der Waals surface area (Å²) < 4.78 is 32.4. The summed E-state index contributed by atoms with van der Waals surface area (Å²) in [6, 6.07) is 6.85. The largest absolute Gasteiger partial charge is 0.490 e. The fourth-order valence-electron chi connectivity index (χ4n) is 4.22. The van der Waals surface area contributed by atoms with Gasteiger partial charge >= 0.3 is 18.0 Å². The maximum absolute atomic E-state index is 12.4. The highest BCUT2D eigenvalue weighted by atomic mass is 35.5. The minimum absolute atomic E-state index is 0.191. The molecule has 2 amide bonds. The summed E-state index contributed by atoms with van der Waals surface area (Å²) in [5.41, 5.74) is 4.27. The third kappa shape index (κ3) is 9.65. The van der Waals surface area contributed by atoms with E-state index in [2.05, 4.69) is 21.2 Å². The molecule has 0 spiro atoms. The molecule has 4 N–H and O–H groups in total. The molecule has 0 bridgehead atoms. The molecule has 3 rings (SSSR count). The van der Waals surface area contributed by atoms with Crippen LogP contribution in [0.4, 0.5) is 4.79 Å². The van der Waals surface area contributed by atoms with E-state index in [4.69, 9.17) is 40.0 Å². The molecule has 2 atom stereocenters. The van der Waals surface area contributed by atoms with Gasteiger partial charge in [-0.25, -0.2) is 14.4 Å². The third-order valence-electron chi connectivity index (χ3n) is 6.08. The van der Waals surface area contributed by atoms with Crippen LogP contribution in [0.3, 0.4) is 0 Å². The number of aliphatic hydroxyl groups excluding tert-OH is 1. The Kier molecular flexibility index (Phi) is 13.1. The van der Waals surface area contributed by atoms with Crippen molar-refractivity contribution >= 4 is 35.8 Å². The standard InChI is InChI=1S/C30H37ClN4O10/c1-6-41-22-13-19(27-26(29(38)40-5)17(4)33-30(39)34-27)9-10-21(22)44-15-24(36)35-32-14-18-11-20(31)28(23(12-18)42-7-2)45-16-25(37)43-8-3/h9-14,24,27,35-36H,6-8,15-16H2,1-5H3,(H2,33,34,39)/b32-14-/t24-,27-/m1/s1. The van der Waals surface area contributed by atoms with Gasteiger partial charge in [0, 0.05) is 5.70 Å². The van der Waals surface area contributed by atoms with Crippen LogP contribution in [0.15, 0.2) is 46.7 Å². The number of urea groups is 1. The molecule has 0 saturated heterocycles. The number of halogens is 1. The summed E-state index contributed by atoms with van der Waals surface area (Å²) >= 11 is 6.37.